The lowest BCUT2D eigenvalue weighted by molar-refractivity contribution is 0.573. The molecule has 0 fully saturated rings. The van der Waals surface area contributed by atoms with Crippen LogP contribution in [0.25, 0.3) is 0 Å². The predicted octanol–water partition coefficient (Wildman–Crippen LogP) is 2.31. The Morgan fingerprint density at radius 2 is 1.94 bits per heavy atom. The van der Waals surface area contributed by atoms with Crippen LogP contribution in [0.4, 0.5) is 0 Å². The van der Waals surface area contributed by atoms with Gasteiger partial charge in [-0.15, -0.1) is 16.7 Å². The van der Waals surface area contributed by atoms with Crippen LogP contribution >= 0.6 is 23.2 Å². The van der Waals surface area contributed by atoms with Crippen molar-refractivity contribution in [2.45, 2.75) is 18.8 Å². The Bertz CT molecular complexity index is 452. The minimum atomic E-state index is 0.327. The molecule has 0 saturated carbocycles. The molecule has 0 spiro atoms. The van der Waals surface area contributed by atoms with Crippen LogP contribution in [0, 0.1) is 0 Å². The van der Waals surface area contributed by atoms with Crippen LogP contribution in [0.2, 0.25) is 5.02 Å². The SMILES string of the molecule is ClCc1nnnn1CCc1ccc(Cl)cc1. The van der Waals surface area contributed by atoms with E-state index in [-0.39, 0.29) is 0 Å². The molecule has 84 valence electrons. The number of nitrogens with zero attached hydrogens (tertiary/aromatic N) is 4. The van der Waals surface area contributed by atoms with Crippen LogP contribution in [0.3, 0.4) is 0 Å². The smallest absolute Gasteiger partial charge is 0.166 e. The number of rotatable bonds is 4. The Morgan fingerprint density at radius 3 is 2.62 bits per heavy atom. The molecule has 2 aromatic rings. The first-order valence-electron chi connectivity index (χ1n) is 4.85. The molecular weight excluding hydrogens is 247 g/mol. The maximum absolute atomic E-state index is 5.80. The molecule has 0 aliphatic carbocycles. The first kappa shape index (κ1) is 11.4. The van der Waals surface area contributed by atoms with Crippen molar-refractivity contribution in [1.29, 1.82) is 0 Å². The van der Waals surface area contributed by atoms with Gasteiger partial charge < -0.3 is 0 Å². The molecule has 4 nitrogen and oxygen atoms in total. The number of hydrogen-bond donors (Lipinski definition) is 0. The highest BCUT2D eigenvalue weighted by Crippen LogP contribution is 2.10. The van der Waals surface area contributed by atoms with Crippen LogP contribution in [0.1, 0.15) is 11.4 Å². The average molecular weight is 257 g/mol. The minimum Gasteiger partial charge on any atom is -0.228 e. The van der Waals surface area contributed by atoms with E-state index in [0.29, 0.717) is 11.7 Å². The van der Waals surface area contributed by atoms with Gasteiger partial charge in [0.15, 0.2) is 5.82 Å². The zero-order chi connectivity index (χ0) is 11.4. The van der Waals surface area contributed by atoms with E-state index < -0.39 is 0 Å². The van der Waals surface area contributed by atoms with Gasteiger partial charge in [0.1, 0.15) is 0 Å². The summed E-state index contributed by atoms with van der Waals surface area (Å²) in [6.45, 7) is 0.719. The van der Waals surface area contributed by atoms with Gasteiger partial charge in [0.05, 0.1) is 5.88 Å². The Balaban J connectivity index is 1.99. The molecule has 0 unspecified atom stereocenters. The molecule has 0 bridgehead atoms. The van der Waals surface area contributed by atoms with Crippen molar-refractivity contribution in [3.63, 3.8) is 0 Å². The summed E-state index contributed by atoms with van der Waals surface area (Å²) in [6, 6.07) is 7.73. The van der Waals surface area contributed by atoms with Crippen molar-refractivity contribution in [1.82, 2.24) is 20.2 Å². The van der Waals surface area contributed by atoms with Crippen LogP contribution in [0.15, 0.2) is 24.3 Å². The van der Waals surface area contributed by atoms with Crippen LogP contribution in [-0.4, -0.2) is 20.2 Å². The third-order valence-corrected chi connectivity index (χ3v) is 2.74. The van der Waals surface area contributed by atoms with Crippen molar-refractivity contribution in [2.75, 3.05) is 0 Å². The molecule has 1 heterocycles. The van der Waals surface area contributed by atoms with E-state index in [9.17, 15) is 0 Å². The summed E-state index contributed by atoms with van der Waals surface area (Å²) in [5.41, 5.74) is 1.19. The molecule has 0 aliphatic heterocycles. The molecule has 1 aromatic carbocycles. The Morgan fingerprint density at radius 1 is 1.19 bits per heavy atom. The standard InChI is InChI=1S/C10H10Cl2N4/c11-7-10-13-14-15-16(10)6-5-8-1-3-9(12)4-2-8/h1-4H,5-7H2. The highest BCUT2D eigenvalue weighted by atomic mass is 35.5. The summed E-state index contributed by atoms with van der Waals surface area (Å²) >= 11 is 11.5. The molecule has 16 heavy (non-hydrogen) atoms. The molecular formula is C10H10Cl2N4. The monoisotopic (exact) mass is 256 g/mol. The summed E-state index contributed by atoms with van der Waals surface area (Å²) < 4.78 is 1.71. The van der Waals surface area contributed by atoms with Crippen LogP contribution in [0.5, 0.6) is 0 Å². The van der Waals surface area contributed by atoms with E-state index in [1.807, 2.05) is 24.3 Å². The molecule has 6 heteroatoms. The second-order valence-corrected chi connectivity index (χ2v) is 4.03. The fourth-order valence-corrected chi connectivity index (χ4v) is 1.70. The van der Waals surface area contributed by atoms with Gasteiger partial charge in [0.25, 0.3) is 0 Å². The largest absolute Gasteiger partial charge is 0.228 e. The molecule has 0 aliphatic rings. The first-order valence-corrected chi connectivity index (χ1v) is 5.76. The lowest BCUT2D eigenvalue weighted by Crippen LogP contribution is -2.07. The molecule has 0 radical (unpaired) electrons. The van der Waals surface area contributed by atoms with Gasteiger partial charge in [-0.1, -0.05) is 23.7 Å². The van der Waals surface area contributed by atoms with Gasteiger partial charge in [-0.3, -0.25) is 0 Å². The van der Waals surface area contributed by atoms with E-state index in [0.717, 1.165) is 18.0 Å². The number of benzene rings is 1. The fraction of sp³-hybridized carbons (Fsp3) is 0.300. The number of aryl methyl sites for hydroxylation is 2. The number of tetrazole rings is 1. The van der Waals surface area contributed by atoms with Gasteiger partial charge in [0.2, 0.25) is 0 Å². The fourth-order valence-electron chi connectivity index (χ4n) is 1.38. The Kier molecular flexibility index (Phi) is 3.74. The highest BCUT2D eigenvalue weighted by Gasteiger charge is 2.03. The van der Waals surface area contributed by atoms with Crippen molar-refractivity contribution in [3.8, 4) is 0 Å². The van der Waals surface area contributed by atoms with Gasteiger partial charge in [-0.2, -0.15) is 0 Å². The summed E-state index contributed by atoms with van der Waals surface area (Å²) in [7, 11) is 0. The number of alkyl halides is 1. The van der Waals surface area contributed by atoms with E-state index in [4.69, 9.17) is 23.2 Å². The van der Waals surface area contributed by atoms with Crippen LogP contribution < -0.4 is 0 Å². The van der Waals surface area contributed by atoms with E-state index in [1.165, 1.54) is 5.56 Å². The maximum Gasteiger partial charge on any atom is 0.166 e. The lowest BCUT2D eigenvalue weighted by atomic mass is 10.1. The van der Waals surface area contributed by atoms with Gasteiger partial charge in [-0.25, -0.2) is 4.68 Å². The van der Waals surface area contributed by atoms with Crippen molar-refractivity contribution < 1.29 is 0 Å². The quantitative estimate of drug-likeness (QED) is 0.789. The first-order chi connectivity index (χ1) is 7.79. The molecule has 2 rings (SSSR count). The zero-order valence-corrected chi connectivity index (χ0v) is 9.99. The summed E-state index contributed by atoms with van der Waals surface area (Å²) in [4.78, 5) is 0. The molecule has 0 amide bonds. The van der Waals surface area contributed by atoms with E-state index in [1.54, 1.807) is 4.68 Å². The van der Waals surface area contributed by atoms with E-state index >= 15 is 0 Å². The molecule has 0 N–H and O–H groups in total. The Labute approximate surface area is 103 Å². The summed E-state index contributed by atoms with van der Waals surface area (Å²) in [6.07, 6.45) is 0.853. The number of aromatic nitrogens is 4. The molecule has 1 aromatic heterocycles. The van der Waals surface area contributed by atoms with Gasteiger partial charge >= 0.3 is 0 Å². The molecule has 0 saturated heterocycles. The zero-order valence-electron chi connectivity index (χ0n) is 8.48. The van der Waals surface area contributed by atoms with Crippen molar-refractivity contribution in [2.24, 2.45) is 0 Å². The maximum atomic E-state index is 5.80. The van der Waals surface area contributed by atoms with Crippen molar-refractivity contribution >= 4 is 23.2 Å². The predicted molar refractivity (Wildman–Crippen MR) is 62.5 cm³/mol. The third-order valence-electron chi connectivity index (χ3n) is 2.25. The number of hydrogen-bond acceptors (Lipinski definition) is 3. The third kappa shape index (κ3) is 2.71. The minimum absolute atomic E-state index is 0.327. The lowest BCUT2D eigenvalue weighted by Gasteiger charge is -2.03. The van der Waals surface area contributed by atoms with Gasteiger partial charge in [0, 0.05) is 11.6 Å². The van der Waals surface area contributed by atoms with E-state index in [2.05, 4.69) is 15.5 Å². The Hall–Kier alpha value is -1.13. The van der Waals surface area contributed by atoms with Crippen LogP contribution in [-0.2, 0) is 18.8 Å². The van der Waals surface area contributed by atoms with Gasteiger partial charge in [-0.05, 0) is 34.5 Å². The summed E-state index contributed by atoms with van der Waals surface area (Å²) in [5, 5.41) is 12.0. The number of halogens is 2. The second kappa shape index (κ2) is 5.27. The topological polar surface area (TPSA) is 43.6 Å². The summed E-state index contributed by atoms with van der Waals surface area (Å²) in [5.74, 6) is 1.02. The molecule has 0 atom stereocenters. The highest BCUT2D eigenvalue weighted by molar-refractivity contribution is 6.30. The van der Waals surface area contributed by atoms with Crippen molar-refractivity contribution in [3.05, 3.63) is 40.7 Å². The average Bonchev–Trinajstić information content (AvgIpc) is 2.76. The second-order valence-electron chi connectivity index (χ2n) is 3.33. The normalized spacial score (nSPS) is 10.6.